The molecule has 9 heteroatoms. The van der Waals surface area contributed by atoms with Crippen LogP contribution in [0.15, 0.2) is 47.4 Å². The number of amides is 1. The zero-order chi connectivity index (χ0) is 20.6. The lowest BCUT2D eigenvalue weighted by atomic mass is 10.2. The Bertz CT molecular complexity index is 1170. The van der Waals surface area contributed by atoms with E-state index in [2.05, 4.69) is 4.98 Å². The predicted octanol–water partition coefficient (Wildman–Crippen LogP) is 3.66. The number of carbonyl (C=O) groups is 1. The van der Waals surface area contributed by atoms with Crippen molar-refractivity contribution in [3.8, 4) is 0 Å². The molecule has 1 aliphatic rings. The Kier molecular flexibility index (Phi) is 5.37. The SMILES string of the molecule is CS(=O)(=O)c1cccc(C(=O)N(CC2CCCO2)c2nc3c(F)cccc3s2)c1. The molecular formula is C20H19FN2O4S2. The molecule has 1 aromatic heterocycles. The number of benzene rings is 2. The van der Waals surface area contributed by atoms with E-state index in [1.807, 2.05) is 0 Å². The lowest BCUT2D eigenvalue weighted by Crippen LogP contribution is -2.37. The van der Waals surface area contributed by atoms with Crippen LogP contribution in [0.3, 0.4) is 0 Å². The number of carbonyl (C=O) groups excluding carboxylic acids is 1. The summed E-state index contributed by atoms with van der Waals surface area (Å²) in [6.45, 7) is 0.897. The average Bonchev–Trinajstić information content (AvgIpc) is 3.35. The van der Waals surface area contributed by atoms with Gasteiger partial charge in [0.05, 0.1) is 22.2 Å². The second kappa shape index (κ2) is 7.81. The fourth-order valence-electron chi connectivity index (χ4n) is 3.27. The molecule has 1 amide bonds. The number of rotatable bonds is 5. The summed E-state index contributed by atoms with van der Waals surface area (Å²) in [5.41, 5.74) is 0.438. The molecule has 6 nitrogen and oxygen atoms in total. The summed E-state index contributed by atoms with van der Waals surface area (Å²) in [6.07, 6.45) is 2.67. The molecule has 29 heavy (non-hydrogen) atoms. The van der Waals surface area contributed by atoms with E-state index in [0.717, 1.165) is 19.1 Å². The minimum absolute atomic E-state index is 0.0655. The van der Waals surface area contributed by atoms with Crippen LogP contribution >= 0.6 is 11.3 Å². The molecule has 4 rings (SSSR count). The highest BCUT2D eigenvalue weighted by Crippen LogP contribution is 2.32. The Morgan fingerprint density at radius 1 is 1.31 bits per heavy atom. The number of halogens is 1. The van der Waals surface area contributed by atoms with Crippen molar-refractivity contribution in [2.45, 2.75) is 23.8 Å². The third-order valence-corrected chi connectivity index (χ3v) is 6.91. The molecule has 0 radical (unpaired) electrons. The Labute approximate surface area is 171 Å². The molecule has 152 valence electrons. The maximum Gasteiger partial charge on any atom is 0.260 e. The molecule has 2 aromatic carbocycles. The van der Waals surface area contributed by atoms with E-state index >= 15 is 0 Å². The van der Waals surface area contributed by atoms with Crippen molar-refractivity contribution in [1.82, 2.24) is 4.98 Å². The van der Waals surface area contributed by atoms with Gasteiger partial charge in [-0.05, 0) is 43.2 Å². The summed E-state index contributed by atoms with van der Waals surface area (Å²) in [7, 11) is -3.46. The minimum atomic E-state index is -3.46. The van der Waals surface area contributed by atoms with Gasteiger partial charge >= 0.3 is 0 Å². The smallest absolute Gasteiger partial charge is 0.260 e. The van der Waals surface area contributed by atoms with Crippen LogP contribution in [-0.2, 0) is 14.6 Å². The molecule has 0 spiro atoms. The molecule has 0 bridgehead atoms. The molecular weight excluding hydrogens is 415 g/mol. The first-order chi connectivity index (χ1) is 13.8. The monoisotopic (exact) mass is 434 g/mol. The van der Waals surface area contributed by atoms with Crippen LogP contribution in [0.25, 0.3) is 10.2 Å². The van der Waals surface area contributed by atoms with E-state index in [-0.39, 0.29) is 28.6 Å². The first-order valence-corrected chi connectivity index (χ1v) is 11.8. The van der Waals surface area contributed by atoms with E-state index < -0.39 is 21.6 Å². The summed E-state index contributed by atoms with van der Waals surface area (Å²) in [4.78, 5) is 19.2. The molecule has 1 atom stereocenters. The number of ether oxygens (including phenoxy) is 1. The normalized spacial score (nSPS) is 17.0. The van der Waals surface area contributed by atoms with E-state index in [4.69, 9.17) is 4.74 Å². The van der Waals surface area contributed by atoms with Gasteiger partial charge in [0.15, 0.2) is 15.0 Å². The van der Waals surface area contributed by atoms with Gasteiger partial charge in [-0.2, -0.15) is 0 Å². The second-order valence-electron chi connectivity index (χ2n) is 6.93. The third kappa shape index (κ3) is 4.17. The largest absolute Gasteiger partial charge is 0.376 e. The molecule has 1 aliphatic heterocycles. The maximum atomic E-state index is 14.1. The fourth-order valence-corrected chi connectivity index (χ4v) is 4.93. The molecule has 3 aromatic rings. The summed E-state index contributed by atoms with van der Waals surface area (Å²) < 4.78 is 44.2. The van der Waals surface area contributed by atoms with Crippen molar-refractivity contribution in [3.63, 3.8) is 0 Å². The molecule has 1 unspecified atom stereocenters. The van der Waals surface area contributed by atoms with Crippen molar-refractivity contribution in [3.05, 3.63) is 53.8 Å². The number of aromatic nitrogens is 1. The van der Waals surface area contributed by atoms with Crippen LogP contribution in [0, 0.1) is 5.82 Å². The van der Waals surface area contributed by atoms with Gasteiger partial charge in [-0.3, -0.25) is 9.69 Å². The Morgan fingerprint density at radius 3 is 2.79 bits per heavy atom. The Morgan fingerprint density at radius 2 is 2.10 bits per heavy atom. The van der Waals surface area contributed by atoms with Gasteiger partial charge < -0.3 is 4.74 Å². The van der Waals surface area contributed by atoms with Crippen molar-refractivity contribution in [1.29, 1.82) is 0 Å². The lowest BCUT2D eigenvalue weighted by molar-refractivity contribution is 0.0917. The van der Waals surface area contributed by atoms with E-state index in [0.29, 0.717) is 16.4 Å². The number of hydrogen-bond acceptors (Lipinski definition) is 6. The van der Waals surface area contributed by atoms with Crippen molar-refractivity contribution in [2.75, 3.05) is 24.3 Å². The number of hydrogen-bond donors (Lipinski definition) is 0. The highest BCUT2D eigenvalue weighted by molar-refractivity contribution is 7.90. The van der Waals surface area contributed by atoms with Gasteiger partial charge in [0, 0.05) is 18.4 Å². The van der Waals surface area contributed by atoms with Crippen molar-refractivity contribution < 1.29 is 22.3 Å². The molecule has 2 heterocycles. The summed E-state index contributed by atoms with van der Waals surface area (Å²) in [6, 6.07) is 10.6. The first kappa shape index (κ1) is 19.9. The van der Waals surface area contributed by atoms with Crippen LogP contribution in [0.4, 0.5) is 9.52 Å². The van der Waals surface area contributed by atoms with Gasteiger partial charge in [-0.1, -0.05) is 23.5 Å². The quantitative estimate of drug-likeness (QED) is 0.613. The predicted molar refractivity (Wildman–Crippen MR) is 110 cm³/mol. The third-order valence-electron chi connectivity index (χ3n) is 4.75. The van der Waals surface area contributed by atoms with Gasteiger partial charge in [0.2, 0.25) is 0 Å². The van der Waals surface area contributed by atoms with Crippen LogP contribution in [0.2, 0.25) is 0 Å². The highest BCUT2D eigenvalue weighted by atomic mass is 32.2. The van der Waals surface area contributed by atoms with Gasteiger partial charge in [0.1, 0.15) is 11.3 Å². The fraction of sp³-hybridized carbons (Fsp3) is 0.300. The van der Waals surface area contributed by atoms with Crippen LogP contribution in [-0.4, -0.2) is 44.8 Å². The number of para-hydroxylation sites is 1. The maximum absolute atomic E-state index is 14.1. The summed E-state index contributed by atoms with van der Waals surface area (Å²) in [5, 5.41) is 0.357. The topological polar surface area (TPSA) is 76.6 Å². The van der Waals surface area contributed by atoms with Crippen LogP contribution in [0.1, 0.15) is 23.2 Å². The zero-order valence-corrected chi connectivity index (χ0v) is 17.3. The van der Waals surface area contributed by atoms with Crippen molar-refractivity contribution >= 4 is 42.4 Å². The number of thiazole rings is 1. The van der Waals surface area contributed by atoms with Gasteiger partial charge in [-0.25, -0.2) is 17.8 Å². The summed E-state index contributed by atoms with van der Waals surface area (Å²) >= 11 is 1.22. The minimum Gasteiger partial charge on any atom is -0.376 e. The molecule has 0 aliphatic carbocycles. The number of fused-ring (bicyclic) bond motifs is 1. The molecule has 0 N–H and O–H groups in total. The van der Waals surface area contributed by atoms with Gasteiger partial charge in [0.25, 0.3) is 5.91 Å². The second-order valence-corrected chi connectivity index (χ2v) is 9.96. The average molecular weight is 435 g/mol. The zero-order valence-electron chi connectivity index (χ0n) is 15.7. The van der Waals surface area contributed by atoms with Crippen LogP contribution < -0.4 is 4.90 Å². The van der Waals surface area contributed by atoms with E-state index in [1.54, 1.807) is 18.2 Å². The van der Waals surface area contributed by atoms with Gasteiger partial charge in [-0.15, -0.1) is 0 Å². The van der Waals surface area contributed by atoms with E-state index in [1.165, 1.54) is 40.5 Å². The highest BCUT2D eigenvalue weighted by Gasteiger charge is 2.28. The van der Waals surface area contributed by atoms with E-state index in [9.17, 15) is 17.6 Å². The Balaban J connectivity index is 1.75. The van der Waals surface area contributed by atoms with Crippen molar-refractivity contribution in [2.24, 2.45) is 0 Å². The molecule has 0 saturated carbocycles. The molecule has 1 saturated heterocycles. The van der Waals surface area contributed by atoms with Crippen LogP contribution in [0.5, 0.6) is 0 Å². The Hall–Kier alpha value is -2.36. The lowest BCUT2D eigenvalue weighted by Gasteiger charge is -2.23. The number of sulfone groups is 1. The standard InChI is InChI=1S/C20H19FN2O4S2/c1-29(25,26)15-7-2-5-13(11-15)19(24)23(12-14-6-4-10-27-14)20-22-18-16(21)8-3-9-17(18)28-20/h2-3,5,7-9,11,14H,4,6,10,12H2,1H3. The summed E-state index contributed by atoms with van der Waals surface area (Å²) in [5.74, 6) is -0.848. The first-order valence-electron chi connectivity index (χ1n) is 9.11. The molecule has 1 fully saturated rings. The number of anilines is 1. The number of nitrogens with zero attached hydrogens (tertiary/aromatic N) is 2.